The fourth-order valence-corrected chi connectivity index (χ4v) is 0.851. The molecule has 1 rings (SSSR count). The predicted octanol–water partition coefficient (Wildman–Crippen LogP) is 0.705. The van der Waals surface area contributed by atoms with Crippen molar-refractivity contribution in [2.75, 3.05) is 0 Å². The van der Waals surface area contributed by atoms with E-state index in [1.807, 2.05) is 0 Å². The second-order valence-electron chi connectivity index (χ2n) is 2.01. The van der Waals surface area contributed by atoms with E-state index in [1.165, 1.54) is 6.07 Å². The van der Waals surface area contributed by atoms with E-state index in [9.17, 15) is 21.6 Å². The maximum absolute atomic E-state index is 11.8. The summed E-state index contributed by atoms with van der Waals surface area (Å²) in [5, 5.41) is 0. The fraction of sp³-hybridized carbons (Fsp3) is 0.200. The van der Waals surface area contributed by atoms with Crippen molar-refractivity contribution in [3.63, 3.8) is 0 Å². The Labute approximate surface area is 76.7 Å². The van der Waals surface area contributed by atoms with Gasteiger partial charge in [-0.15, -0.1) is 0 Å². The second kappa shape index (κ2) is 3.40. The number of aromatic nitrogens is 2. The first-order valence-corrected chi connectivity index (χ1v) is 4.51. The highest BCUT2D eigenvalue weighted by atomic mass is 32.2. The number of rotatable bonds is 2. The van der Waals surface area contributed by atoms with Crippen molar-refractivity contribution < 1.29 is 25.8 Å². The topological polar surface area (TPSA) is 69.2 Å². The predicted molar refractivity (Wildman–Crippen MR) is 37.6 cm³/mol. The summed E-state index contributed by atoms with van der Waals surface area (Å²) in [6, 6.07) is 0.428. The van der Waals surface area contributed by atoms with Crippen LogP contribution in [0.25, 0.3) is 0 Å². The van der Waals surface area contributed by atoms with Crippen molar-refractivity contribution in [2.24, 2.45) is 0 Å². The lowest BCUT2D eigenvalue weighted by Gasteiger charge is -2.06. The summed E-state index contributed by atoms with van der Waals surface area (Å²) in [5.74, 6) is 0. The summed E-state index contributed by atoms with van der Waals surface area (Å²) in [5.41, 5.74) is -5.48. The largest absolute Gasteiger partial charge is 0.534 e. The average Bonchev–Trinajstić information content (AvgIpc) is 2.03. The van der Waals surface area contributed by atoms with Crippen molar-refractivity contribution in [1.82, 2.24) is 9.97 Å². The molecular weight excluding hydrogens is 225 g/mol. The Hall–Kier alpha value is -1.38. The molecule has 0 spiro atoms. The molecule has 1 aromatic rings. The molecule has 0 aliphatic heterocycles. The van der Waals surface area contributed by atoms with Crippen molar-refractivity contribution in [3.05, 3.63) is 18.5 Å². The van der Waals surface area contributed by atoms with Gasteiger partial charge in [0.15, 0.2) is 0 Å². The minimum atomic E-state index is -5.68. The minimum absolute atomic E-state index is 0.871. The highest BCUT2D eigenvalue weighted by Crippen LogP contribution is 2.24. The van der Waals surface area contributed by atoms with Crippen molar-refractivity contribution in [3.8, 4) is 6.01 Å². The number of hydrogen-bond donors (Lipinski definition) is 0. The van der Waals surface area contributed by atoms with Crippen LogP contribution in [0.4, 0.5) is 13.2 Å². The number of alkyl halides is 3. The van der Waals surface area contributed by atoms with Gasteiger partial charge in [0.1, 0.15) is 0 Å². The smallest absolute Gasteiger partial charge is 0.337 e. The number of hydrogen-bond acceptors (Lipinski definition) is 5. The molecule has 9 heteroatoms. The standard InChI is InChI=1S/C5H3F3N2O3S/c6-5(7,8)14(11,12)13-4-9-2-1-3-10-4/h1-3H. The van der Waals surface area contributed by atoms with Gasteiger partial charge in [-0.2, -0.15) is 21.6 Å². The Morgan fingerprint density at radius 2 is 1.71 bits per heavy atom. The lowest BCUT2D eigenvalue weighted by molar-refractivity contribution is -0.0502. The molecule has 0 aromatic carbocycles. The highest BCUT2D eigenvalue weighted by Gasteiger charge is 2.49. The quantitative estimate of drug-likeness (QED) is 0.550. The molecule has 0 amide bonds. The van der Waals surface area contributed by atoms with E-state index in [1.54, 1.807) is 0 Å². The van der Waals surface area contributed by atoms with Crippen LogP contribution in [0.5, 0.6) is 6.01 Å². The zero-order valence-electron chi connectivity index (χ0n) is 6.39. The molecule has 0 atom stereocenters. The molecule has 0 aliphatic rings. The van der Waals surface area contributed by atoms with E-state index in [2.05, 4.69) is 14.2 Å². The van der Waals surface area contributed by atoms with Crippen molar-refractivity contribution in [2.45, 2.75) is 5.51 Å². The molecule has 0 aliphatic carbocycles. The average molecular weight is 228 g/mol. The Morgan fingerprint density at radius 1 is 1.21 bits per heavy atom. The highest BCUT2D eigenvalue weighted by molar-refractivity contribution is 7.87. The lowest BCUT2D eigenvalue weighted by atomic mass is 10.7. The van der Waals surface area contributed by atoms with Crippen LogP contribution in [0.15, 0.2) is 18.5 Å². The van der Waals surface area contributed by atoms with E-state index < -0.39 is 21.6 Å². The summed E-state index contributed by atoms with van der Waals surface area (Å²) in [7, 11) is -5.68. The third kappa shape index (κ3) is 2.31. The van der Waals surface area contributed by atoms with E-state index in [0.717, 1.165) is 12.4 Å². The first-order chi connectivity index (χ1) is 6.33. The first kappa shape index (κ1) is 10.7. The van der Waals surface area contributed by atoms with E-state index in [0.29, 0.717) is 0 Å². The van der Waals surface area contributed by atoms with Gasteiger partial charge in [0, 0.05) is 12.4 Å². The lowest BCUT2D eigenvalue weighted by Crippen LogP contribution is -2.28. The molecule has 0 bridgehead atoms. The zero-order chi connectivity index (χ0) is 10.8. The zero-order valence-corrected chi connectivity index (χ0v) is 7.21. The maximum atomic E-state index is 11.8. The summed E-state index contributed by atoms with van der Waals surface area (Å²) in [4.78, 5) is 6.33. The molecule has 0 saturated heterocycles. The van der Waals surface area contributed by atoms with Crippen LogP contribution in [0, 0.1) is 0 Å². The van der Waals surface area contributed by atoms with Crippen LogP contribution in [-0.2, 0) is 10.1 Å². The molecule has 0 unspecified atom stereocenters. The summed E-state index contributed by atoms with van der Waals surface area (Å²) >= 11 is 0. The van der Waals surface area contributed by atoms with Gasteiger partial charge in [-0.1, -0.05) is 0 Å². The van der Waals surface area contributed by atoms with E-state index >= 15 is 0 Å². The Balaban J connectivity index is 2.91. The van der Waals surface area contributed by atoms with Crippen LogP contribution in [0.1, 0.15) is 0 Å². The Bertz CT molecular complexity index is 402. The second-order valence-corrected chi connectivity index (χ2v) is 3.55. The van der Waals surface area contributed by atoms with Crippen LogP contribution in [0.3, 0.4) is 0 Å². The van der Waals surface area contributed by atoms with Crippen LogP contribution >= 0.6 is 0 Å². The van der Waals surface area contributed by atoms with Crippen molar-refractivity contribution in [1.29, 1.82) is 0 Å². The number of halogens is 3. The van der Waals surface area contributed by atoms with Gasteiger partial charge < -0.3 is 4.18 Å². The molecule has 0 N–H and O–H groups in total. The molecule has 5 nitrogen and oxygen atoms in total. The van der Waals surface area contributed by atoms with Gasteiger partial charge in [-0.3, -0.25) is 0 Å². The molecule has 0 radical (unpaired) electrons. The molecule has 1 aromatic heterocycles. The Kier molecular flexibility index (Phi) is 2.60. The normalized spacial score (nSPS) is 12.5. The van der Waals surface area contributed by atoms with Gasteiger partial charge in [-0.25, -0.2) is 9.97 Å². The SMILES string of the molecule is O=S(=O)(Oc1ncccn1)C(F)(F)F. The molecule has 1 heterocycles. The van der Waals surface area contributed by atoms with E-state index in [4.69, 9.17) is 0 Å². The van der Waals surface area contributed by atoms with E-state index in [-0.39, 0.29) is 0 Å². The minimum Gasteiger partial charge on any atom is -0.337 e. The van der Waals surface area contributed by atoms with Crippen LogP contribution < -0.4 is 4.18 Å². The summed E-state index contributed by atoms with van der Waals surface area (Å²) < 4.78 is 59.6. The number of nitrogens with zero attached hydrogens (tertiary/aromatic N) is 2. The van der Waals surface area contributed by atoms with Crippen LogP contribution in [0.2, 0.25) is 0 Å². The van der Waals surface area contributed by atoms with Gasteiger partial charge in [0.2, 0.25) is 0 Å². The molecular formula is C5H3F3N2O3S. The van der Waals surface area contributed by atoms with Gasteiger partial charge in [-0.05, 0) is 6.07 Å². The van der Waals surface area contributed by atoms with Crippen LogP contribution in [-0.4, -0.2) is 23.9 Å². The summed E-state index contributed by atoms with van der Waals surface area (Å²) in [6.07, 6.45) is 2.10. The maximum Gasteiger partial charge on any atom is 0.534 e. The third-order valence-electron chi connectivity index (χ3n) is 1.01. The first-order valence-electron chi connectivity index (χ1n) is 3.11. The fourth-order valence-electron chi connectivity index (χ4n) is 0.474. The van der Waals surface area contributed by atoms with Gasteiger partial charge >= 0.3 is 21.6 Å². The van der Waals surface area contributed by atoms with Gasteiger partial charge in [0.25, 0.3) is 0 Å². The molecule has 14 heavy (non-hydrogen) atoms. The van der Waals surface area contributed by atoms with Gasteiger partial charge in [0.05, 0.1) is 0 Å². The molecule has 78 valence electrons. The van der Waals surface area contributed by atoms with Crippen molar-refractivity contribution >= 4 is 10.1 Å². The Morgan fingerprint density at radius 3 is 2.14 bits per heavy atom. The summed E-state index contributed by atoms with van der Waals surface area (Å²) in [6.45, 7) is 0. The monoisotopic (exact) mass is 228 g/mol. The molecule has 0 fully saturated rings. The molecule has 0 saturated carbocycles. The third-order valence-corrected chi connectivity index (χ3v) is 1.95.